The van der Waals surface area contributed by atoms with Gasteiger partial charge >= 0.3 is 6.18 Å². The number of carbonyl (C=O) groups excluding carboxylic acids is 1. The zero-order chi connectivity index (χ0) is 14.5. The Morgan fingerprint density at radius 3 is 2.47 bits per heavy atom. The van der Waals surface area contributed by atoms with E-state index in [2.05, 4.69) is 0 Å². The van der Waals surface area contributed by atoms with Crippen molar-refractivity contribution >= 4 is 5.91 Å². The number of rotatable bonds is 5. The van der Waals surface area contributed by atoms with E-state index in [1.165, 1.54) is 0 Å². The van der Waals surface area contributed by atoms with E-state index in [0.717, 1.165) is 19.3 Å². The molecule has 1 saturated carbocycles. The fraction of sp³-hybridized carbons (Fsp3) is 0.917. The van der Waals surface area contributed by atoms with Crippen molar-refractivity contribution in [2.24, 2.45) is 17.6 Å². The van der Waals surface area contributed by atoms with E-state index < -0.39 is 31.2 Å². The monoisotopic (exact) mass is 282 g/mol. The van der Waals surface area contributed by atoms with Gasteiger partial charge < -0.3 is 15.7 Å². The largest absolute Gasteiger partial charge is 0.406 e. The number of aliphatic hydroxyl groups is 1. The molecule has 3 N–H and O–H groups in total. The summed E-state index contributed by atoms with van der Waals surface area (Å²) in [5.74, 6) is -1.01. The molecule has 0 aromatic rings. The van der Waals surface area contributed by atoms with Crippen molar-refractivity contribution in [3.05, 3.63) is 0 Å². The molecule has 4 nitrogen and oxygen atoms in total. The molecular formula is C12H21F3N2O2. The average Bonchev–Trinajstić information content (AvgIpc) is 2.36. The zero-order valence-electron chi connectivity index (χ0n) is 10.8. The molecule has 112 valence electrons. The van der Waals surface area contributed by atoms with Gasteiger partial charge in [0.2, 0.25) is 5.91 Å². The summed E-state index contributed by atoms with van der Waals surface area (Å²) in [5.41, 5.74) is 5.59. The molecule has 0 aliphatic heterocycles. The third-order valence-corrected chi connectivity index (χ3v) is 3.58. The topological polar surface area (TPSA) is 66.6 Å². The van der Waals surface area contributed by atoms with Gasteiger partial charge in [-0.1, -0.05) is 12.8 Å². The lowest BCUT2D eigenvalue weighted by Crippen LogP contribution is -2.47. The standard InChI is InChI=1S/C12H21F3N2O2/c13-12(14,15)8-17(5-6-18)11(19)10-4-2-1-3-9(10)7-16/h9-10,18H,1-8,16H2. The predicted molar refractivity (Wildman–Crippen MR) is 64.2 cm³/mol. The molecule has 2 unspecified atom stereocenters. The van der Waals surface area contributed by atoms with Crippen LogP contribution in [0.4, 0.5) is 13.2 Å². The number of nitrogens with two attached hydrogens (primary N) is 1. The maximum Gasteiger partial charge on any atom is 0.406 e. The molecular weight excluding hydrogens is 261 g/mol. The highest BCUT2D eigenvalue weighted by Crippen LogP contribution is 2.31. The quantitative estimate of drug-likeness (QED) is 0.794. The molecule has 1 amide bonds. The molecule has 7 heteroatoms. The maximum atomic E-state index is 12.4. The van der Waals surface area contributed by atoms with Gasteiger partial charge in [-0.3, -0.25) is 4.79 Å². The van der Waals surface area contributed by atoms with Gasteiger partial charge in [0, 0.05) is 12.5 Å². The van der Waals surface area contributed by atoms with Gasteiger partial charge in [-0.05, 0) is 25.3 Å². The molecule has 0 spiro atoms. The van der Waals surface area contributed by atoms with Gasteiger partial charge in [0.1, 0.15) is 6.54 Å². The van der Waals surface area contributed by atoms with E-state index in [1.807, 2.05) is 0 Å². The highest BCUT2D eigenvalue weighted by molar-refractivity contribution is 5.79. The van der Waals surface area contributed by atoms with Crippen LogP contribution in [-0.2, 0) is 4.79 Å². The van der Waals surface area contributed by atoms with Crippen molar-refractivity contribution in [3.63, 3.8) is 0 Å². The Bertz CT molecular complexity index is 297. The number of alkyl halides is 3. The minimum Gasteiger partial charge on any atom is -0.395 e. The number of carbonyl (C=O) groups is 1. The molecule has 1 aliphatic carbocycles. The highest BCUT2D eigenvalue weighted by Gasteiger charge is 2.38. The summed E-state index contributed by atoms with van der Waals surface area (Å²) < 4.78 is 37.3. The number of halogens is 3. The lowest BCUT2D eigenvalue weighted by atomic mass is 9.78. The van der Waals surface area contributed by atoms with E-state index in [-0.39, 0.29) is 12.5 Å². The summed E-state index contributed by atoms with van der Waals surface area (Å²) in [6.07, 6.45) is -1.28. The lowest BCUT2D eigenvalue weighted by Gasteiger charge is -2.34. The molecule has 19 heavy (non-hydrogen) atoms. The molecule has 1 aliphatic rings. The van der Waals surface area contributed by atoms with Crippen LogP contribution in [0.2, 0.25) is 0 Å². The number of nitrogens with zero attached hydrogens (tertiary/aromatic N) is 1. The van der Waals surface area contributed by atoms with Crippen LogP contribution >= 0.6 is 0 Å². The first kappa shape index (κ1) is 16.2. The first-order valence-corrected chi connectivity index (χ1v) is 6.55. The zero-order valence-corrected chi connectivity index (χ0v) is 10.8. The second kappa shape index (κ2) is 7.09. The Kier molecular flexibility index (Phi) is 6.06. The maximum absolute atomic E-state index is 12.4. The van der Waals surface area contributed by atoms with Crippen molar-refractivity contribution in [2.45, 2.75) is 31.9 Å². The third-order valence-electron chi connectivity index (χ3n) is 3.58. The fourth-order valence-corrected chi connectivity index (χ4v) is 2.65. The molecule has 0 bridgehead atoms. The van der Waals surface area contributed by atoms with Crippen LogP contribution in [0.1, 0.15) is 25.7 Å². The Balaban J connectivity index is 2.73. The average molecular weight is 282 g/mol. The van der Waals surface area contributed by atoms with Gasteiger partial charge in [-0.2, -0.15) is 13.2 Å². The van der Waals surface area contributed by atoms with E-state index in [0.29, 0.717) is 17.9 Å². The lowest BCUT2D eigenvalue weighted by molar-refractivity contribution is -0.166. The number of aliphatic hydroxyl groups excluding tert-OH is 1. The normalized spacial score (nSPS) is 24.3. The second-order valence-electron chi connectivity index (χ2n) is 4.99. The summed E-state index contributed by atoms with van der Waals surface area (Å²) in [5, 5.41) is 8.82. The van der Waals surface area contributed by atoms with E-state index in [1.54, 1.807) is 0 Å². The minimum atomic E-state index is -4.45. The molecule has 0 radical (unpaired) electrons. The molecule has 0 aromatic carbocycles. The smallest absolute Gasteiger partial charge is 0.395 e. The van der Waals surface area contributed by atoms with Gasteiger partial charge in [0.25, 0.3) is 0 Å². The van der Waals surface area contributed by atoms with Crippen LogP contribution in [0, 0.1) is 11.8 Å². The van der Waals surface area contributed by atoms with Crippen LogP contribution in [0.5, 0.6) is 0 Å². The Morgan fingerprint density at radius 1 is 1.32 bits per heavy atom. The predicted octanol–water partition coefficient (Wildman–Crippen LogP) is 1.13. The Morgan fingerprint density at radius 2 is 1.95 bits per heavy atom. The first-order valence-electron chi connectivity index (χ1n) is 6.55. The first-order chi connectivity index (χ1) is 8.89. The third kappa shape index (κ3) is 4.99. The molecule has 0 aromatic heterocycles. The fourth-order valence-electron chi connectivity index (χ4n) is 2.65. The number of amides is 1. The van der Waals surface area contributed by atoms with Crippen molar-refractivity contribution in [2.75, 3.05) is 26.2 Å². The summed E-state index contributed by atoms with van der Waals surface area (Å²) in [7, 11) is 0. The van der Waals surface area contributed by atoms with Crippen LogP contribution in [-0.4, -0.2) is 48.3 Å². The van der Waals surface area contributed by atoms with Crippen LogP contribution in [0.3, 0.4) is 0 Å². The van der Waals surface area contributed by atoms with Crippen molar-refractivity contribution in [1.82, 2.24) is 4.90 Å². The SMILES string of the molecule is NCC1CCCCC1C(=O)N(CCO)CC(F)(F)F. The molecule has 0 heterocycles. The van der Waals surface area contributed by atoms with Crippen molar-refractivity contribution < 1.29 is 23.1 Å². The van der Waals surface area contributed by atoms with E-state index in [9.17, 15) is 18.0 Å². The van der Waals surface area contributed by atoms with Crippen LogP contribution < -0.4 is 5.73 Å². The summed E-state index contributed by atoms with van der Waals surface area (Å²) in [6, 6.07) is 0. The van der Waals surface area contributed by atoms with E-state index in [4.69, 9.17) is 10.8 Å². The molecule has 1 fully saturated rings. The van der Waals surface area contributed by atoms with E-state index >= 15 is 0 Å². The van der Waals surface area contributed by atoms with Gasteiger partial charge in [0.05, 0.1) is 6.61 Å². The van der Waals surface area contributed by atoms with Gasteiger partial charge in [-0.15, -0.1) is 0 Å². The van der Waals surface area contributed by atoms with Gasteiger partial charge in [-0.25, -0.2) is 0 Å². The number of hydrogen-bond donors (Lipinski definition) is 2. The molecule has 2 atom stereocenters. The van der Waals surface area contributed by atoms with Crippen molar-refractivity contribution in [1.29, 1.82) is 0 Å². The molecule has 1 rings (SSSR count). The Labute approximate surface area is 110 Å². The number of hydrogen-bond acceptors (Lipinski definition) is 3. The van der Waals surface area contributed by atoms with Crippen LogP contribution in [0.15, 0.2) is 0 Å². The second-order valence-corrected chi connectivity index (χ2v) is 4.99. The van der Waals surface area contributed by atoms with Gasteiger partial charge in [0.15, 0.2) is 0 Å². The summed E-state index contributed by atoms with van der Waals surface area (Å²) in [4.78, 5) is 12.9. The highest BCUT2D eigenvalue weighted by atomic mass is 19.4. The van der Waals surface area contributed by atoms with Crippen molar-refractivity contribution in [3.8, 4) is 0 Å². The molecule has 0 saturated heterocycles. The summed E-state index contributed by atoms with van der Waals surface area (Å²) in [6.45, 7) is -1.75. The summed E-state index contributed by atoms with van der Waals surface area (Å²) >= 11 is 0. The van der Waals surface area contributed by atoms with Crippen LogP contribution in [0.25, 0.3) is 0 Å². The Hall–Kier alpha value is -0.820. The minimum absolute atomic E-state index is 0.0457.